The predicted molar refractivity (Wildman–Crippen MR) is 126 cm³/mol. The fourth-order valence-electron chi connectivity index (χ4n) is 3.79. The number of methoxy groups -OCH3 is 1. The van der Waals surface area contributed by atoms with Crippen molar-refractivity contribution in [3.8, 4) is 5.75 Å². The molecular weight excluding hydrogens is 429 g/mol. The fourth-order valence-corrected chi connectivity index (χ4v) is 4.44. The van der Waals surface area contributed by atoms with Gasteiger partial charge in [-0.3, -0.25) is 4.90 Å². The van der Waals surface area contributed by atoms with Crippen LogP contribution in [0.5, 0.6) is 5.75 Å². The molecule has 0 amide bonds. The molecule has 0 aliphatic carbocycles. The minimum absolute atomic E-state index is 0.184. The molecule has 4 rings (SSSR count). The number of anilines is 4. The first kappa shape index (κ1) is 22.2. The van der Waals surface area contributed by atoms with Gasteiger partial charge in [0.25, 0.3) is 0 Å². The second kappa shape index (κ2) is 10.6. The van der Waals surface area contributed by atoms with E-state index in [-0.39, 0.29) is 5.75 Å². The summed E-state index contributed by atoms with van der Waals surface area (Å²) in [5.41, 5.74) is 0.526. The van der Waals surface area contributed by atoms with Crippen molar-refractivity contribution in [1.82, 2.24) is 19.9 Å². The number of nitrogens with zero attached hydrogens (tertiary/aromatic N) is 4. The molecule has 1 aromatic carbocycles. The molecule has 3 heterocycles. The average Bonchev–Trinajstić information content (AvgIpc) is 3.48. The van der Waals surface area contributed by atoms with Crippen molar-refractivity contribution in [2.75, 3.05) is 42.7 Å². The summed E-state index contributed by atoms with van der Waals surface area (Å²) in [5.74, 6) is 0.990. The van der Waals surface area contributed by atoms with Gasteiger partial charge >= 0.3 is 0 Å². The molecule has 1 unspecified atom stereocenters. The molecule has 0 spiro atoms. The molecule has 1 aliphatic heterocycles. The number of thiophene rings is 1. The lowest BCUT2D eigenvalue weighted by molar-refractivity contribution is 0.277. The normalized spacial score (nSPS) is 16.2. The Kier molecular flexibility index (Phi) is 7.33. The van der Waals surface area contributed by atoms with Gasteiger partial charge in [0.1, 0.15) is 0 Å². The number of nitrogens with one attached hydrogen (secondary N) is 3. The standard InChI is InChI=1S/C22H28FN7OS/c1-3-30-10-4-6-16(30)13-24-20-27-21(25-14-17-7-5-11-32-17)29-22(28-20)26-15-8-9-19(31-2)18(23)12-15/h5,7-9,11-12,16H,3-4,6,10,13-14H2,1-2H3,(H3,24,25,26,27,28,29). The summed E-state index contributed by atoms with van der Waals surface area (Å²) in [6.45, 7) is 5.73. The van der Waals surface area contributed by atoms with Crippen molar-refractivity contribution < 1.29 is 9.13 Å². The number of ether oxygens (including phenoxy) is 1. The molecule has 1 saturated heterocycles. The third-order valence-corrected chi connectivity index (χ3v) is 6.32. The van der Waals surface area contributed by atoms with E-state index >= 15 is 0 Å². The maximum absolute atomic E-state index is 14.1. The first-order valence-corrected chi connectivity index (χ1v) is 11.6. The summed E-state index contributed by atoms with van der Waals surface area (Å²) in [7, 11) is 1.44. The number of hydrogen-bond acceptors (Lipinski definition) is 9. The molecule has 8 nitrogen and oxygen atoms in total. The lowest BCUT2D eigenvalue weighted by atomic mass is 10.2. The average molecular weight is 458 g/mol. The minimum Gasteiger partial charge on any atom is -0.494 e. The molecular formula is C22H28FN7OS. The Bertz CT molecular complexity index is 1020. The Morgan fingerprint density at radius 1 is 1.16 bits per heavy atom. The number of benzene rings is 1. The van der Waals surface area contributed by atoms with Gasteiger partial charge in [-0.2, -0.15) is 15.0 Å². The Hall–Kier alpha value is -2.98. The van der Waals surface area contributed by atoms with Gasteiger partial charge in [0.05, 0.1) is 13.7 Å². The zero-order valence-corrected chi connectivity index (χ0v) is 19.1. The second-order valence-electron chi connectivity index (χ2n) is 7.52. The molecule has 32 heavy (non-hydrogen) atoms. The molecule has 1 aliphatic rings. The highest BCUT2D eigenvalue weighted by molar-refractivity contribution is 7.09. The van der Waals surface area contributed by atoms with Crippen LogP contribution in [0, 0.1) is 5.82 Å². The Morgan fingerprint density at radius 2 is 1.97 bits per heavy atom. The van der Waals surface area contributed by atoms with Crippen LogP contribution in [-0.4, -0.2) is 52.6 Å². The van der Waals surface area contributed by atoms with Gasteiger partial charge in [0, 0.05) is 29.2 Å². The number of halogens is 1. The number of aromatic nitrogens is 3. The summed E-state index contributed by atoms with van der Waals surface area (Å²) in [4.78, 5) is 17.1. The molecule has 170 valence electrons. The van der Waals surface area contributed by atoms with Gasteiger partial charge in [0.15, 0.2) is 11.6 Å². The number of likely N-dealkylation sites (N-methyl/N-ethyl adjacent to an activating group) is 1. The highest BCUT2D eigenvalue weighted by Gasteiger charge is 2.23. The van der Waals surface area contributed by atoms with Crippen LogP contribution in [0.25, 0.3) is 0 Å². The lowest BCUT2D eigenvalue weighted by Gasteiger charge is -2.23. The molecule has 3 aromatic rings. The van der Waals surface area contributed by atoms with Gasteiger partial charge in [0.2, 0.25) is 17.8 Å². The SMILES string of the molecule is CCN1CCCC1CNc1nc(NCc2cccs2)nc(Nc2ccc(OC)c(F)c2)n1. The van der Waals surface area contributed by atoms with E-state index < -0.39 is 5.82 Å². The molecule has 10 heteroatoms. The Balaban J connectivity index is 1.51. The van der Waals surface area contributed by atoms with E-state index in [0.717, 1.165) is 26.1 Å². The third-order valence-electron chi connectivity index (χ3n) is 5.45. The Labute approximate surface area is 191 Å². The van der Waals surface area contributed by atoms with Crippen LogP contribution >= 0.6 is 11.3 Å². The summed E-state index contributed by atoms with van der Waals surface area (Å²) >= 11 is 1.66. The van der Waals surface area contributed by atoms with E-state index in [1.54, 1.807) is 23.5 Å². The van der Waals surface area contributed by atoms with Gasteiger partial charge in [-0.1, -0.05) is 13.0 Å². The summed E-state index contributed by atoms with van der Waals surface area (Å²) in [6.07, 6.45) is 2.37. The third kappa shape index (κ3) is 5.63. The van der Waals surface area contributed by atoms with Crippen molar-refractivity contribution in [2.45, 2.75) is 32.4 Å². The van der Waals surface area contributed by atoms with Crippen molar-refractivity contribution in [1.29, 1.82) is 0 Å². The van der Waals surface area contributed by atoms with Gasteiger partial charge in [-0.05, 0) is 49.5 Å². The number of rotatable bonds is 10. The topological polar surface area (TPSA) is 87.2 Å². The first-order valence-electron chi connectivity index (χ1n) is 10.8. The van der Waals surface area contributed by atoms with Crippen LogP contribution < -0.4 is 20.7 Å². The zero-order chi connectivity index (χ0) is 22.3. The van der Waals surface area contributed by atoms with E-state index in [0.29, 0.717) is 36.1 Å². The van der Waals surface area contributed by atoms with Crippen LogP contribution in [0.1, 0.15) is 24.6 Å². The molecule has 3 N–H and O–H groups in total. The molecule has 0 bridgehead atoms. The number of hydrogen-bond donors (Lipinski definition) is 3. The summed E-state index contributed by atoms with van der Waals surface area (Å²) in [5, 5.41) is 11.7. The van der Waals surface area contributed by atoms with E-state index in [1.165, 1.54) is 24.5 Å². The smallest absolute Gasteiger partial charge is 0.233 e. The van der Waals surface area contributed by atoms with Crippen molar-refractivity contribution in [3.63, 3.8) is 0 Å². The monoisotopic (exact) mass is 457 g/mol. The fraction of sp³-hybridized carbons (Fsp3) is 0.409. The maximum atomic E-state index is 14.1. The minimum atomic E-state index is -0.457. The Morgan fingerprint density at radius 3 is 2.69 bits per heavy atom. The van der Waals surface area contributed by atoms with Crippen LogP contribution in [-0.2, 0) is 6.54 Å². The van der Waals surface area contributed by atoms with Crippen molar-refractivity contribution in [2.24, 2.45) is 0 Å². The largest absolute Gasteiger partial charge is 0.494 e. The molecule has 1 atom stereocenters. The summed E-state index contributed by atoms with van der Waals surface area (Å²) in [6, 6.07) is 9.16. The van der Waals surface area contributed by atoms with Crippen molar-refractivity contribution >= 4 is 34.9 Å². The van der Waals surface area contributed by atoms with Crippen molar-refractivity contribution in [3.05, 3.63) is 46.4 Å². The van der Waals surface area contributed by atoms with Crippen LogP contribution in [0.4, 0.5) is 27.9 Å². The van der Waals surface area contributed by atoms with Gasteiger partial charge in [-0.25, -0.2) is 4.39 Å². The molecule has 2 aromatic heterocycles. The zero-order valence-electron chi connectivity index (χ0n) is 18.3. The van der Waals surface area contributed by atoms with E-state index in [1.807, 2.05) is 11.4 Å². The highest BCUT2D eigenvalue weighted by atomic mass is 32.1. The molecule has 1 fully saturated rings. The molecule has 0 saturated carbocycles. The van der Waals surface area contributed by atoms with Crippen LogP contribution in [0.3, 0.4) is 0 Å². The lowest BCUT2D eigenvalue weighted by Crippen LogP contribution is -2.35. The van der Waals surface area contributed by atoms with Crippen LogP contribution in [0.15, 0.2) is 35.7 Å². The van der Waals surface area contributed by atoms with Gasteiger partial charge in [-0.15, -0.1) is 11.3 Å². The quantitative estimate of drug-likeness (QED) is 0.415. The predicted octanol–water partition coefficient (Wildman–Crippen LogP) is 4.33. The van der Waals surface area contributed by atoms with Gasteiger partial charge < -0.3 is 20.7 Å². The van der Waals surface area contributed by atoms with Crippen LogP contribution in [0.2, 0.25) is 0 Å². The molecule has 0 radical (unpaired) electrons. The first-order chi connectivity index (χ1) is 15.6. The number of likely N-dealkylation sites (tertiary alicyclic amines) is 1. The summed E-state index contributed by atoms with van der Waals surface area (Å²) < 4.78 is 19.1. The van der Waals surface area contributed by atoms with E-state index in [2.05, 4.69) is 48.8 Å². The van der Waals surface area contributed by atoms with E-state index in [9.17, 15) is 4.39 Å². The maximum Gasteiger partial charge on any atom is 0.233 e. The second-order valence-corrected chi connectivity index (χ2v) is 8.55. The highest BCUT2D eigenvalue weighted by Crippen LogP contribution is 2.23. The van der Waals surface area contributed by atoms with E-state index in [4.69, 9.17) is 4.74 Å².